The minimum atomic E-state index is -0.238. The highest BCUT2D eigenvalue weighted by atomic mass is 35.5. The molecule has 0 bridgehead atoms. The van der Waals surface area contributed by atoms with Gasteiger partial charge in [-0.25, -0.2) is 4.98 Å². The van der Waals surface area contributed by atoms with Crippen molar-refractivity contribution in [1.29, 1.82) is 0 Å². The molecule has 0 atom stereocenters. The first-order valence-corrected chi connectivity index (χ1v) is 8.66. The molecule has 2 aromatic rings. The van der Waals surface area contributed by atoms with Gasteiger partial charge in [0.05, 0.1) is 12.7 Å². The normalized spacial score (nSPS) is 15.1. The molecule has 1 amide bonds. The Bertz CT molecular complexity index is 710. The fourth-order valence-corrected chi connectivity index (χ4v) is 3.42. The van der Waals surface area contributed by atoms with Gasteiger partial charge in [0.25, 0.3) is 5.91 Å². The van der Waals surface area contributed by atoms with Gasteiger partial charge in [-0.1, -0.05) is 43.0 Å². The molecule has 1 heterocycles. The number of hydrogen-bond acceptors (Lipinski definition) is 3. The zero-order valence-electron chi connectivity index (χ0n) is 13.7. The van der Waals surface area contributed by atoms with E-state index in [9.17, 15) is 4.79 Å². The lowest BCUT2D eigenvalue weighted by atomic mass is 9.84. The van der Waals surface area contributed by atoms with Crippen LogP contribution in [-0.2, 0) is 0 Å². The third-order valence-electron chi connectivity index (χ3n) is 4.51. The average molecular weight is 345 g/mol. The number of aromatic nitrogens is 1. The first kappa shape index (κ1) is 16.8. The highest BCUT2D eigenvalue weighted by Gasteiger charge is 2.15. The lowest BCUT2D eigenvalue weighted by molar-refractivity contribution is 0.102. The van der Waals surface area contributed by atoms with Crippen LogP contribution in [0.4, 0.5) is 5.69 Å². The van der Waals surface area contributed by atoms with Crippen molar-refractivity contribution in [2.45, 2.75) is 38.0 Å². The zero-order chi connectivity index (χ0) is 16.9. The van der Waals surface area contributed by atoms with Crippen molar-refractivity contribution < 1.29 is 9.53 Å². The Morgan fingerprint density at radius 3 is 2.54 bits per heavy atom. The number of halogens is 1. The predicted molar refractivity (Wildman–Crippen MR) is 96.0 cm³/mol. The van der Waals surface area contributed by atoms with Gasteiger partial charge in [0.15, 0.2) is 0 Å². The lowest BCUT2D eigenvalue weighted by Crippen LogP contribution is -2.12. The summed E-state index contributed by atoms with van der Waals surface area (Å²) in [5.74, 6) is 0.732. The number of anilines is 1. The van der Waals surface area contributed by atoms with Crippen LogP contribution in [0, 0.1) is 0 Å². The number of ether oxygens (including phenoxy) is 1. The number of rotatable bonds is 4. The van der Waals surface area contributed by atoms with E-state index in [-0.39, 0.29) is 5.91 Å². The lowest BCUT2D eigenvalue weighted by Gasteiger charge is -2.22. The Morgan fingerprint density at radius 2 is 1.92 bits per heavy atom. The number of nitrogens with one attached hydrogen (secondary N) is 1. The second kappa shape index (κ2) is 7.67. The second-order valence-electron chi connectivity index (χ2n) is 6.13. The van der Waals surface area contributed by atoms with Crippen LogP contribution in [0.25, 0.3) is 0 Å². The fraction of sp³-hybridized carbons (Fsp3) is 0.368. The molecule has 1 aromatic heterocycles. The number of amides is 1. The zero-order valence-corrected chi connectivity index (χ0v) is 14.5. The first-order valence-electron chi connectivity index (χ1n) is 8.28. The standard InChI is InChI=1S/C19H21ClN2O2/c1-24-19-17(20)11-15(12-21-19)18(23)22-16-9-7-14(8-10-16)13-5-3-2-4-6-13/h7-13H,2-6H2,1H3,(H,22,23). The van der Waals surface area contributed by atoms with Crippen LogP contribution in [0.1, 0.15) is 53.9 Å². The van der Waals surface area contributed by atoms with Crippen molar-refractivity contribution in [3.63, 3.8) is 0 Å². The Hall–Kier alpha value is -2.07. The fourth-order valence-electron chi connectivity index (χ4n) is 3.18. The Kier molecular flexibility index (Phi) is 5.36. The minimum absolute atomic E-state index is 0.238. The van der Waals surface area contributed by atoms with Crippen molar-refractivity contribution in [2.24, 2.45) is 0 Å². The molecule has 0 saturated heterocycles. The van der Waals surface area contributed by atoms with E-state index in [0.717, 1.165) is 5.69 Å². The summed E-state index contributed by atoms with van der Waals surface area (Å²) in [5.41, 5.74) is 2.53. The Morgan fingerprint density at radius 1 is 1.21 bits per heavy atom. The molecular weight excluding hydrogens is 324 g/mol. The van der Waals surface area contributed by atoms with Gasteiger partial charge in [-0.2, -0.15) is 0 Å². The van der Waals surface area contributed by atoms with E-state index in [0.29, 0.717) is 22.4 Å². The van der Waals surface area contributed by atoms with Crippen molar-refractivity contribution in [3.05, 3.63) is 52.7 Å². The van der Waals surface area contributed by atoms with Crippen LogP contribution in [0.5, 0.6) is 5.88 Å². The van der Waals surface area contributed by atoms with Crippen LogP contribution < -0.4 is 10.1 Å². The van der Waals surface area contributed by atoms with E-state index in [1.807, 2.05) is 12.1 Å². The maximum absolute atomic E-state index is 12.3. The van der Waals surface area contributed by atoms with Gasteiger partial charge >= 0.3 is 0 Å². The third kappa shape index (κ3) is 3.88. The van der Waals surface area contributed by atoms with Crippen molar-refractivity contribution in [1.82, 2.24) is 4.98 Å². The quantitative estimate of drug-likeness (QED) is 0.844. The summed E-state index contributed by atoms with van der Waals surface area (Å²) in [6, 6.07) is 9.70. The van der Waals surface area contributed by atoms with Crippen molar-refractivity contribution in [3.8, 4) is 5.88 Å². The van der Waals surface area contributed by atoms with Gasteiger partial charge in [-0.15, -0.1) is 0 Å². The van der Waals surface area contributed by atoms with Crippen LogP contribution >= 0.6 is 11.6 Å². The first-order chi connectivity index (χ1) is 11.7. The van der Waals surface area contributed by atoms with E-state index >= 15 is 0 Å². The molecule has 1 aliphatic carbocycles. The average Bonchev–Trinajstić information content (AvgIpc) is 2.63. The van der Waals surface area contributed by atoms with Crippen LogP contribution in [0.3, 0.4) is 0 Å². The number of benzene rings is 1. The SMILES string of the molecule is COc1ncc(C(=O)Nc2ccc(C3CCCCC3)cc2)cc1Cl. The monoisotopic (exact) mass is 344 g/mol. The smallest absolute Gasteiger partial charge is 0.257 e. The summed E-state index contributed by atoms with van der Waals surface area (Å²) in [6.07, 6.45) is 7.96. The molecular formula is C19H21ClN2O2. The minimum Gasteiger partial charge on any atom is -0.480 e. The molecule has 0 aliphatic heterocycles. The number of hydrogen-bond donors (Lipinski definition) is 1. The molecule has 24 heavy (non-hydrogen) atoms. The summed E-state index contributed by atoms with van der Waals surface area (Å²) >= 11 is 6.02. The summed E-state index contributed by atoms with van der Waals surface area (Å²) in [7, 11) is 1.49. The summed E-state index contributed by atoms with van der Waals surface area (Å²) in [5, 5.41) is 3.19. The molecule has 1 saturated carbocycles. The van der Waals surface area contributed by atoms with E-state index in [1.54, 1.807) is 6.07 Å². The molecule has 1 fully saturated rings. The molecule has 1 aliphatic rings. The molecule has 0 unspecified atom stereocenters. The Balaban J connectivity index is 1.67. The van der Waals surface area contributed by atoms with Gasteiger partial charge in [0, 0.05) is 11.9 Å². The molecule has 1 aromatic carbocycles. The summed E-state index contributed by atoms with van der Waals surface area (Å²) < 4.78 is 4.99. The molecule has 0 spiro atoms. The van der Waals surface area contributed by atoms with Crippen molar-refractivity contribution in [2.75, 3.05) is 12.4 Å². The maximum Gasteiger partial charge on any atom is 0.257 e. The number of methoxy groups -OCH3 is 1. The number of carbonyl (C=O) groups excluding carboxylic acids is 1. The second-order valence-corrected chi connectivity index (χ2v) is 6.53. The van der Waals surface area contributed by atoms with Crippen LogP contribution in [0.15, 0.2) is 36.5 Å². The third-order valence-corrected chi connectivity index (χ3v) is 4.78. The van der Waals surface area contributed by atoms with Crippen molar-refractivity contribution >= 4 is 23.2 Å². The molecule has 4 nitrogen and oxygen atoms in total. The Labute approximate surface area is 147 Å². The number of carbonyl (C=O) groups is 1. The largest absolute Gasteiger partial charge is 0.480 e. The number of pyridine rings is 1. The topological polar surface area (TPSA) is 51.2 Å². The van der Waals surface area contributed by atoms with Gasteiger partial charge in [0.1, 0.15) is 5.02 Å². The van der Waals surface area contributed by atoms with Gasteiger partial charge in [0.2, 0.25) is 5.88 Å². The van der Waals surface area contributed by atoms with E-state index < -0.39 is 0 Å². The maximum atomic E-state index is 12.3. The molecule has 0 radical (unpaired) electrons. The molecule has 126 valence electrons. The van der Waals surface area contributed by atoms with Gasteiger partial charge < -0.3 is 10.1 Å². The van der Waals surface area contributed by atoms with Crippen LogP contribution in [0.2, 0.25) is 5.02 Å². The van der Waals surface area contributed by atoms with E-state index in [4.69, 9.17) is 16.3 Å². The highest BCUT2D eigenvalue weighted by molar-refractivity contribution is 6.32. The molecule has 5 heteroatoms. The number of nitrogens with zero attached hydrogens (tertiary/aromatic N) is 1. The van der Waals surface area contributed by atoms with E-state index in [1.165, 1.54) is 51.0 Å². The van der Waals surface area contributed by atoms with Gasteiger partial charge in [-0.05, 0) is 42.5 Å². The highest BCUT2D eigenvalue weighted by Crippen LogP contribution is 2.33. The molecule has 3 rings (SSSR count). The van der Waals surface area contributed by atoms with E-state index in [2.05, 4.69) is 22.4 Å². The predicted octanol–water partition coefficient (Wildman–Crippen LogP) is 5.04. The summed E-state index contributed by atoms with van der Waals surface area (Å²) in [6.45, 7) is 0. The summed E-state index contributed by atoms with van der Waals surface area (Å²) in [4.78, 5) is 16.3. The molecule has 1 N–H and O–H groups in total. The van der Waals surface area contributed by atoms with Gasteiger partial charge in [-0.3, -0.25) is 4.79 Å². The van der Waals surface area contributed by atoms with Crippen LogP contribution in [-0.4, -0.2) is 18.0 Å².